The lowest BCUT2D eigenvalue weighted by atomic mass is 10.1. The molecule has 4 heteroatoms. The highest BCUT2D eigenvalue weighted by Crippen LogP contribution is 2.29. The third kappa shape index (κ3) is 2.38. The van der Waals surface area contributed by atoms with Crippen molar-refractivity contribution in [2.24, 2.45) is 0 Å². The summed E-state index contributed by atoms with van der Waals surface area (Å²) in [6, 6.07) is 6.08. The third-order valence-electron chi connectivity index (χ3n) is 2.23. The third-order valence-corrected chi connectivity index (χ3v) is 3.71. The monoisotopic (exact) mass is 284 g/mol. The normalized spacial score (nSPS) is 10.7. The maximum Gasteiger partial charge on any atom is 0.303 e. The van der Waals surface area contributed by atoms with Crippen molar-refractivity contribution in [2.75, 3.05) is 0 Å². The van der Waals surface area contributed by atoms with Gasteiger partial charge in [0.15, 0.2) is 0 Å². The first kappa shape index (κ1) is 10.6. The van der Waals surface area contributed by atoms with Crippen molar-refractivity contribution >= 4 is 43.3 Å². The van der Waals surface area contributed by atoms with Crippen molar-refractivity contribution in [3.8, 4) is 0 Å². The Hall–Kier alpha value is -0.870. The summed E-state index contributed by atoms with van der Waals surface area (Å²) in [7, 11) is 0. The Labute approximate surface area is 99.7 Å². The quantitative estimate of drug-likeness (QED) is 0.934. The molecule has 78 valence electrons. The number of hydrogen-bond acceptors (Lipinski definition) is 2. The van der Waals surface area contributed by atoms with E-state index in [1.165, 1.54) is 10.1 Å². The minimum atomic E-state index is -0.744. The molecule has 0 spiro atoms. The van der Waals surface area contributed by atoms with Crippen LogP contribution in [0.15, 0.2) is 28.1 Å². The molecule has 0 aliphatic heterocycles. The number of fused-ring (bicyclic) bond motifs is 1. The van der Waals surface area contributed by atoms with Crippen molar-refractivity contribution in [1.29, 1.82) is 0 Å². The Balaban J connectivity index is 2.32. The summed E-state index contributed by atoms with van der Waals surface area (Å²) in [6.07, 6.45) is 0.804. The summed E-state index contributed by atoms with van der Waals surface area (Å²) in [5, 5.41) is 11.8. The Kier molecular flexibility index (Phi) is 3.07. The van der Waals surface area contributed by atoms with Crippen molar-refractivity contribution in [2.45, 2.75) is 12.8 Å². The van der Waals surface area contributed by atoms with Crippen LogP contribution in [-0.4, -0.2) is 11.1 Å². The maximum absolute atomic E-state index is 10.5. The first-order valence-corrected chi connectivity index (χ1v) is 6.21. The molecule has 0 amide bonds. The summed E-state index contributed by atoms with van der Waals surface area (Å²) in [6.45, 7) is 0. The number of benzene rings is 1. The van der Waals surface area contributed by atoms with Crippen molar-refractivity contribution in [1.82, 2.24) is 0 Å². The molecule has 0 aliphatic rings. The van der Waals surface area contributed by atoms with Crippen molar-refractivity contribution < 1.29 is 9.90 Å². The number of rotatable bonds is 3. The summed E-state index contributed by atoms with van der Waals surface area (Å²) < 4.78 is 2.26. The Morgan fingerprint density at radius 1 is 1.47 bits per heavy atom. The van der Waals surface area contributed by atoms with Gasteiger partial charge in [0.05, 0.1) is 0 Å². The van der Waals surface area contributed by atoms with Crippen molar-refractivity contribution in [3.63, 3.8) is 0 Å². The summed E-state index contributed by atoms with van der Waals surface area (Å²) in [5.74, 6) is -0.744. The van der Waals surface area contributed by atoms with Gasteiger partial charge in [-0.25, -0.2) is 0 Å². The van der Waals surface area contributed by atoms with Crippen molar-refractivity contribution in [3.05, 3.63) is 33.6 Å². The fourth-order valence-electron chi connectivity index (χ4n) is 1.49. The summed E-state index contributed by atoms with van der Waals surface area (Å²) in [4.78, 5) is 10.5. The van der Waals surface area contributed by atoms with E-state index in [9.17, 15) is 4.79 Å². The van der Waals surface area contributed by atoms with Crippen LogP contribution in [0, 0.1) is 0 Å². The lowest BCUT2D eigenvalue weighted by molar-refractivity contribution is -0.136. The van der Waals surface area contributed by atoms with Crippen LogP contribution in [0.4, 0.5) is 0 Å². The molecule has 0 atom stereocenters. The van der Waals surface area contributed by atoms with Crippen LogP contribution in [0.25, 0.3) is 10.1 Å². The molecular weight excluding hydrogens is 276 g/mol. The predicted molar refractivity (Wildman–Crippen MR) is 65.5 cm³/mol. The zero-order chi connectivity index (χ0) is 10.8. The first-order chi connectivity index (χ1) is 7.16. The second-order valence-electron chi connectivity index (χ2n) is 3.30. The molecule has 0 bridgehead atoms. The molecule has 0 aliphatic carbocycles. The molecule has 1 aromatic carbocycles. The molecule has 1 heterocycles. The van der Waals surface area contributed by atoms with E-state index >= 15 is 0 Å². The van der Waals surface area contributed by atoms with Gasteiger partial charge in [-0.2, -0.15) is 0 Å². The Morgan fingerprint density at radius 2 is 2.27 bits per heavy atom. The summed E-state index contributed by atoms with van der Waals surface area (Å²) in [5.41, 5.74) is 1.13. The van der Waals surface area contributed by atoms with Gasteiger partial charge < -0.3 is 5.11 Å². The molecule has 0 saturated heterocycles. The molecule has 2 aromatic rings. The number of aliphatic carboxylic acids is 1. The lowest BCUT2D eigenvalue weighted by Gasteiger charge is -1.96. The molecule has 0 fully saturated rings. The number of hydrogen-bond donors (Lipinski definition) is 1. The Bertz CT molecular complexity index is 504. The van der Waals surface area contributed by atoms with E-state index in [4.69, 9.17) is 5.11 Å². The average molecular weight is 285 g/mol. The Morgan fingerprint density at radius 3 is 3.00 bits per heavy atom. The van der Waals surface area contributed by atoms with Crippen LogP contribution in [-0.2, 0) is 11.2 Å². The molecule has 2 rings (SSSR count). The van der Waals surface area contributed by atoms with Gasteiger partial charge in [0, 0.05) is 15.6 Å². The first-order valence-electron chi connectivity index (χ1n) is 4.54. The molecule has 0 saturated carbocycles. The van der Waals surface area contributed by atoms with Gasteiger partial charge in [0.1, 0.15) is 0 Å². The molecule has 15 heavy (non-hydrogen) atoms. The van der Waals surface area contributed by atoms with Gasteiger partial charge in [-0.1, -0.05) is 22.0 Å². The standard InChI is InChI=1S/C11H9BrO2S/c12-8-2-3-9-7(1-4-11(13)14)6-15-10(9)5-8/h2-3,5-6H,1,4H2,(H,13,14). The van der Waals surface area contributed by atoms with Crippen LogP contribution >= 0.6 is 27.3 Å². The zero-order valence-electron chi connectivity index (χ0n) is 7.87. The molecule has 0 unspecified atom stereocenters. The van der Waals surface area contributed by atoms with Gasteiger partial charge in [0.2, 0.25) is 0 Å². The van der Waals surface area contributed by atoms with E-state index < -0.39 is 5.97 Å². The van der Waals surface area contributed by atoms with E-state index in [-0.39, 0.29) is 6.42 Å². The van der Waals surface area contributed by atoms with Gasteiger partial charge in [0.25, 0.3) is 0 Å². The molecule has 1 N–H and O–H groups in total. The number of aryl methyl sites for hydroxylation is 1. The maximum atomic E-state index is 10.5. The van der Waals surface area contributed by atoms with E-state index in [1.807, 2.05) is 17.5 Å². The van der Waals surface area contributed by atoms with E-state index in [0.29, 0.717) is 6.42 Å². The number of carboxylic acid groups (broad SMARTS) is 1. The SMILES string of the molecule is O=C(O)CCc1csc2cc(Br)ccc12. The average Bonchev–Trinajstić information content (AvgIpc) is 2.57. The highest BCUT2D eigenvalue weighted by molar-refractivity contribution is 9.10. The smallest absolute Gasteiger partial charge is 0.303 e. The number of halogens is 1. The number of carbonyl (C=O) groups is 1. The number of thiophene rings is 1. The molecule has 2 nitrogen and oxygen atoms in total. The fraction of sp³-hybridized carbons (Fsp3) is 0.182. The van der Waals surface area contributed by atoms with E-state index in [1.54, 1.807) is 11.3 Å². The zero-order valence-corrected chi connectivity index (χ0v) is 10.3. The topological polar surface area (TPSA) is 37.3 Å². The van der Waals surface area contributed by atoms with Gasteiger partial charge in [-0.3, -0.25) is 4.79 Å². The van der Waals surface area contributed by atoms with Crippen LogP contribution in [0.3, 0.4) is 0 Å². The van der Waals surface area contributed by atoms with Crippen LogP contribution in [0.1, 0.15) is 12.0 Å². The lowest BCUT2D eigenvalue weighted by Crippen LogP contribution is -1.96. The fourth-order valence-corrected chi connectivity index (χ4v) is 3.04. The number of carboxylic acids is 1. The predicted octanol–water partition coefficient (Wildman–Crippen LogP) is 3.68. The van der Waals surface area contributed by atoms with E-state index in [2.05, 4.69) is 22.0 Å². The largest absolute Gasteiger partial charge is 0.481 e. The van der Waals surface area contributed by atoms with Gasteiger partial charge in [-0.15, -0.1) is 11.3 Å². The molecule has 1 aromatic heterocycles. The molecular formula is C11H9BrO2S. The molecule has 0 radical (unpaired) electrons. The van der Waals surface area contributed by atoms with E-state index in [0.717, 1.165) is 10.0 Å². The van der Waals surface area contributed by atoms with Gasteiger partial charge >= 0.3 is 5.97 Å². The summed E-state index contributed by atoms with van der Waals surface area (Å²) >= 11 is 5.07. The minimum absolute atomic E-state index is 0.196. The second-order valence-corrected chi connectivity index (χ2v) is 5.12. The highest BCUT2D eigenvalue weighted by Gasteiger charge is 2.06. The van der Waals surface area contributed by atoms with Crippen LogP contribution in [0.2, 0.25) is 0 Å². The van der Waals surface area contributed by atoms with Gasteiger partial charge in [-0.05, 0) is 34.9 Å². The van der Waals surface area contributed by atoms with Crippen LogP contribution < -0.4 is 0 Å². The van der Waals surface area contributed by atoms with Crippen LogP contribution in [0.5, 0.6) is 0 Å². The highest BCUT2D eigenvalue weighted by atomic mass is 79.9. The minimum Gasteiger partial charge on any atom is -0.481 e. The second kappa shape index (κ2) is 4.33.